The third kappa shape index (κ3) is 1.90. The maximum absolute atomic E-state index is 10.9. The first-order chi connectivity index (χ1) is 6.54. The van der Waals surface area contributed by atoms with E-state index in [0.29, 0.717) is 17.0 Å². The summed E-state index contributed by atoms with van der Waals surface area (Å²) in [6, 6.07) is 3.50. The van der Waals surface area contributed by atoms with Crippen LogP contribution in [0.2, 0.25) is 0 Å². The van der Waals surface area contributed by atoms with Gasteiger partial charge in [0.15, 0.2) is 15.5 Å². The van der Waals surface area contributed by atoms with Crippen LogP contribution in [0.4, 0.5) is 0 Å². The van der Waals surface area contributed by atoms with Gasteiger partial charge in [0.2, 0.25) is 0 Å². The second-order valence-corrected chi connectivity index (χ2v) is 4.72. The van der Waals surface area contributed by atoms with Gasteiger partial charge in [0, 0.05) is 6.20 Å². The van der Waals surface area contributed by atoms with Gasteiger partial charge >= 0.3 is 0 Å². The first kappa shape index (κ1) is 9.14. The van der Waals surface area contributed by atoms with Gasteiger partial charge in [-0.2, -0.15) is 0 Å². The van der Waals surface area contributed by atoms with E-state index in [0.717, 1.165) is 0 Å². The van der Waals surface area contributed by atoms with Crippen LogP contribution in [0.25, 0.3) is 11.2 Å². The summed E-state index contributed by atoms with van der Waals surface area (Å²) in [7, 11) is -3.30. The SMILES string of the molecule is [CH2]S(=O)(=O)Cc1nc2cccnc2[nH]1. The molecule has 2 rings (SSSR count). The monoisotopic (exact) mass is 210 g/mol. The summed E-state index contributed by atoms with van der Waals surface area (Å²) in [5.74, 6) is 0.178. The fourth-order valence-electron chi connectivity index (χ4n) is 1.17. The predicted octanol–water partition coefficient (Wildman–Crippen LogP) is 0.664. The second kappa shape index (κ2) is 3.06. The number of imidazole rings is 1. The molecule has 0 aliphatic heterocycles. The predicted molar refractivity (Wildman–Crippen MR) is 51.9 cm³/mol. The lowest BCUT2D eigenvalue weighted by Gasteiger charge is -1.90. The van der Waals surface area contributed by atoms with Crippen molar-refractivity contribution in [2.75, 3.05) is 0 Å². The maximum atomic E-state index is 10.9. The van der Waals surface area contributed by atoms with Crippen LogP contribution >= 0.6 is 0 Å². The minimum Gasteiger partial charge on any atom is -0.326 e. The highest BCUT2D eigenvalue weighted by atomic mass is 32.2. The molecule has 0 amide bonds. The van der Waals surface area contributed by atoms with E-state index in [4.69, 9.17) is 0 Å². The van der Waals surface area contributed by atoms with Gasteiger partial charge < -0.3 is 4.98 Å². The molecule has 0 fully saturated rings. The van der Waals surface area contributed by atoms with Crippen LogP contribution in [-0.4, -0.2) is 23.4 Å². The Morgan fingerprint density at radius 1 is 1.50 bits per heavy atom. The van der Waals surface area contributed by atoms with Crippen LogP contribution in [0.5, 0.6) is 0 Å². The van der Waals surface area contributed by atoms with Crippen LogP contribution in [0.15, 0.2) is 18.3 Å². The quantitative estimate of drug-likeness (QED) is 0.790. The van der Waals surface area contributed by atoms with Gasteiger partial charge in [-0.25, -0.2) is 18.4 Å². The minimum absolute atomic E-state index is 0.191. The lowest BCUT2D eigenvalue weighted by atomic mass is 10.4. The van der Waals surface area contributed by atoms with Gasteiger partial charge in [-0.15, -0.1) is 0 Å². The molecular formula is C8H8N3O2S. The number of rotatable bonds is 2. The van der Waals surface area contributed by atoms with Crippen molar-refractivity contribution < 1.29 is 8.42 Å². The second-order valence-electron chi connectivity index (χ2n) is 2.94. The zero-order chi connectivity index (χ0) is 10.2. The summed E-state index contributed by atoms with van der Waals surface area (Å²) in [6.07, 6.45) is 4.64. The molecule has 0 unspecified atom stereocenters. The molecule has 0 aliphatic carbocycles. The summed E-state index contributed by atoms with van der Waals surface area (Å²) in [5.41, 5.74) is 1.25. The van der Waals surface area contributed by atoms with Crippen LogP contribution in [0, 0.1) is 6.26 Å². The Kier molecular flexibility index (Phi) is 1.99. The molecule has 1 radical (unpaired) electrons. The van der Waals surface area contributed by atoms with Gasteiger partial charge in [-0.05, 0) is 12.1 Å². The number of aromatic nitrogens is 3. The molecular weight excluding hydrogens is 202 g/mol. The largest absolute Gasteiger partial charge is 0.326 e. The van der Waals surface area contributed by atoms with E-state index in [9.17, 15) is 8.42 Å². The Balaban J connectivity index is 2.46. The molecule has 0 saturated heterocycles. The van der Waals surface area contributed by atoms with Gasteiger partial charge in [0.1, 0.15) is 17.1 Å². The molecule has 6 heteroatoms. The molecule has 73 valence electrons. The summed E-state index contributed by atoms with van der Waals surface area (Å²) in [5, 5.41) is 0. The summed E-state index contributed by atoms with van der Waals surface area (Å²) < 4.78 is 21.8. The van der Waals surface area contributed by atoms with Crippen molar-refractivity contribution in [3.63, 3.8) is 0 Å². The number of hydrogen-bond acceptors (Lipinski definition) is 4. The number of pyridine rings is 1. The van der Waals surface area contributed by atoms with Gasteiger partial charge in [-0.1, -0.05) is 0 Å². The molecule has 0 spiro atoms. The minimum atomic E-state index is -3.30. The van der Waals surface area contributed by atoms with Crippen LogP contribution in [-0.2, 0) is 15.6 Å². The van der Waals surface area contributed by atoms with E-state index in [1.54, 1.807) is 18.3 Å². The standard InChI is InChI=1S/C8H8N3O2S/c1-14(12,13)5-7-10-6-3-2-4-9-8(6)11-7/h2-4H,1,5H2,(H,9,10,11). The molecule has 0 bridgehead atoms. The number of hydrogen-bond donors (Lipinski definition) is 1. The highest BCUT2D eigenvalue weighted by Gasteiger charge is 2.09. The topological polar surface area (TPSA) is 75.7 Å². The Morgan fingerprint density at radius 3 is 2.93 bits per heavy atom. The summed E-state index contributed by atoms with van der Waals surface area (Å²) in [6.45, 7) is 0. The molecule has 2 heterocycles. The van der Waals surface area contributed by atoms with Crippen molar-refractivity contribution >= 4 is 21.0 Å². The Morgan fingerprint density at radius 2 is 2.29 bits per heavy atom. The van der Waals surface area contributed by atoms with Crippen LogP contribution in [0.3, 0.4) is 0 Å². The fraction of sp³-hybridized carbons (Fsp3) is 0.125. The van der Waals surface area contributed by atoms with Crippen molar-refractivity contribution in [2.24, 2.45) is 0 Å². The van der Waals surface area contributed by atoms with E-state index in [2.05, 4.69) is 21.2 Å². The van der Waals surface area contributed by atoms with Crippen molar-refractivity contribution in [1.29, 1.82) is 0 Å². The molecule has 0 aliphatic rings. The van der Waals surface area contributed by atoms with Crippen molar-refractivity contribution in [3.8, 4) is 0 Å². The molecule has 2 aromatic heterocycles. The summed E-state index contributed by atoms with van der Waals surface area (Å²) >= 11 is 0. The Hall–Kier alpha value is -1.43. The number of fused-ring (bicyclic) bond motifs is 1. The van der Waals surface area contributed by atoms with Crippen molar-refractivity contribution in [3.05, 3.63) is 30.4 Å². The van der Waals surface area contributed by atoms with E-state index in [1.165, 1.54) is 0 Å². The van der Waals surface area contributed by atoms with E-state index in [-0.39, 0.29) is 5.75 Å². The molecule has 0 saturated carbocycles. The highest BCUT2D eigenvalue weighted by molar-refractivity contribution is 7.91. The van der Waals surface area contributed by atoms with Gasteiger partial charge in [0.25, 0.3) is 0 Å². The summed E-state index contributed by atoms with van der Waals surface area (Å²) in [4.78, 5) is 10.9. The third-order valence-electron chi connectivity index (χ3n) is 1.66. The average molecular weight is 210 g/mol. The zero-order valence-corrected chi connectivity index (χ0v) is 8.08. The third-order valence-corrected chi connectivity index (χ3v) is 2.37. The average Bonchev–Trinajstić information content (AvgIpc) is 2.42. The van der Waals surface area contributed by atoms with E-state index >= 15 is 0 Å². The Labute approximate surface area is 81.1 Å². The molecule has 0 aromatic carbocycles. The van der Waals surface area contributed by atoms with Gasteiger partial charge in [0.05, 0.1) is 6.26 Å². The van der Waals surface area contributed by atoms with Crippen molar-refractivity contribution in [2.45, 2.75) is 5.75 Å². The number of sulfone groups is 1. The lowest BCUT2D eigenvalue weighted by molar-refractivity contribution is 0.602. The highest BCUT2D eigenvalue weighted by Crippen LogP contribution is 2.09. The number of H-pyrrole nitrogens is 1. The first-order valence-electron chi connectivity index (χ1n) is 3.90. The fourth-order valence-corrected chi connectivity index (χ4v) is 1.72. The maximum Gasteiger partial charge on any atom is 0.158 e. The van der Waals surface area contributed by atoms with E-state index < -0.39 is 9.84 Å². The Bertz CT molecular complexity index is 526. The number of nitrogens with one attached hydrogen (secondary N) is 1. The lowest BCUT2D eigenvalue weighted by Crippen LogP contribution is -1.99. The zero-order valence-electron chi connectivity index (χ0n) is 7.27. The normalized spacial score (nSPS) is 12.1. The number of nitrogens with zero attached hydrogens (tertiary/aromatic N) is 2. The molecule has 0 atom stereocenters. The van der Waals surface area contributed by atoms with Crippen molar-refractivity contribution in [1.82, 2.24) is 15.0 Å². The smallest absolute Gasteiger partial charge is 0.158 e. The van der Waals surface area contributed by atoms with Crippen LogP contribution < -0.4 is 0 Å². The number of aromatic amines is 1. The molecule has 5 nitrogen and oxygen atoms in total. The van der Waals surface area contributed by atoms with E-state index in [1.807, 2.05) is 0 Å². The molecule has 14 heavy (non-hydrogen) atoms. The van der Waals surface area contributed by atoms with Gasteiger partial charge in [-0.3, -0.25) is 0 Å². The molecule has 1 N–H and O–H groups in total. The van der Waals surface area contributed by atoms with Crippen LogP contribution in [0.1, 0.15) is 5.82 Å². The molecule has 2 aromatic rings. The first-order valence-corrected chi connectivity index (χ1v) is 5.72.